The summed E-state index contributed by atoms with van der Waals surface area (Å²) in [5.41, 5.74) is 3.45. The smallest absolute Gasteiger partial charge is 0.286 e. The minimum absolute atomic E-state index is 0.0102. The molecule has 1 saturated carbocycles. The van der Waals surface area contributed by atoms with Crippen LogP contribution in [0.1, 0.15) is 77.3 Å². The molecule has 13 heteroatoms. The highest BCUT2D eigenvalue weighted by atomic mass is 35.5. The number of hydrogen-bond acceptors (Lipinski definition) is 8. The Morgan fingerprint density at radius 2 is 2.04 bits per heavy atom. The molecule has 2 amide bonds. The maximum Gasteiger partial charge on any atom is 0.286 e. The first kappa shape index (κ1) is 36.5. The molecular weight excluding hydrogens is 702 g/mol. The van der Waals surface area contributed by atoms with E-state index < -0.39 is 21.7 Å². The molecule has 1 spiro atoms. The van der Waals surface area contributed by atoms with Crippen molar-refractivity contribution in [2.24, 2.45) is 29.2 Å². The van der Waals surface area contributed by atoms with Gasteiger partial charge in [0.2, 0.25) is 5.88 Å². The number of ether oxygens (including phenoxy) is 3. The monoisotopic (exact) mass is 749 g/mol. The molecule has 11 nitrogen and oxygen atoms in total. The molecule has 2 bridgehead atoms. The van der Waals surface area contributed by atoms with Crippen LogP contribution < -0.4 is 19.1 Å². The number of nitrogens with zero attached hydrogens (tertiary/aromatic N) is 4. The van der Waals surface area contributed by atoms with Gasteiger partial charge >= 0.3 is 0 Å². The molecule has 52 heavy (non-hydrogen) atoms. The number of rotatable bonds is 5. The molecule has 2 aliphatic carbocycles. The molecule has 1 fully saturated rings. The van der Waals surface area contributed by atoms with Crippen LogP contribution in [-0.4, -0.2) is 71.6 Å². The molecule has 6 atom stereocenters. The number of carbonyl (C=O) groups excluding carboxylic acids is 2. The Morgan fingerprint density at radius 1 is 1.19 bits per heavy atom. The summed E-state index contributed by atoms with van der Waals surface area (Å²) in [5.74, 6) is 0.00618. The van der Waals surface area contributed by atoms with Crippen LogP contribution in [0.25, 0.3) is 0 Å². The van der Waals surface area contributed by atoms with Gasteiger partial charge in [-0.3, -0.25) is 19.0 Å². The van der Waals surface area contributed by atoms with Gasteiger partial charge in [0.05, 0.1) is 31.3 Å². The first-order valence-corrected chi connectivity index (χ1v) is 20.3. The number of anilines is 1. The van der Waals surface area contributed by atoms with Gasteiger partial charge in [-0.05, 0) is 97.7 Å². The summed E-state index contributed by atoms with van der Waals surface area (Å²) in [6.45, 7) is 3.98. The number of hydrogen-bond donors (Lipinski definition) is 1. The van der Waals surface area contributed by atoms with E-state index in [9.17, 15) is 13.8 Å². The van der Waals surface area contributed by atoms with Crippen molar-refractivity contribution in [1.82, 2.24) is 14.5 Å². The van der Waals surface area contributed by atoms with Crippen molar-refractivity contribution in [2.45, 2.75) is 63.4 Å². The molecule has 3 heterocycles. The molecule has 1 aromatic heterocycles. The number of amides is 2. The van der Waals surface area contributed by atoms with Crippen molar-refractivity contribution in [2.75, 3.05) is 44.6 Å². The molecule has 2 aliphatic heterocycles. The Kier molecular flexibility index (Phi) is 10.4. The molecule has 0 radical (unpaired) electrons. The lowest BCUT2D eigenvalue weighted by atomic mass is 9.68. The molecule has 1 N–H and O–H groups in total. The summed E-state index contributed by atoms with van der Waals surface area (Å²) in [5, 5.41) is 4.90. The first-order chi connectivity index (χ1) is 25.0. The summed E-state index contributed by atoms with van der Waals surface area (Å²) in [7, 11) is 1.23. The van der Waals surface area contributed by atoms with Gasteiger partial charge in [0.1, 0.15) is 21.2 Å². The largest absolute Gasteiger partial charge is 0.490 e. The lowest BCUT2D eigenvalue weighted by Crippen LogP contribution is -2.49. The third kappa shape index (κ3) is 7.21. The molecule has 7 rings (SSSR count). The fourth-order valence-electron chi connectivity index (χ4n) is 8.52. The minimum Gasteiger partial charge on any atom is -0.490 e. The van der Waals surface area contributed by atoms with Crippen LogP contribution in [0.5, 0.6) is 11.6 Å². The summed E-state index contributed by atoms with van der Waals surface area (Å²) in [6.07, 6.45) is 12.0. The van der Waals surface area contributed by atoms with Crippen molar-refractivity contribution in [1.29, 1.82) is 0 Å². The molecule has 2 aromatic carbocycles. The van der Waals surface area contributed by atoms with E-state index in [1.165, 1.54) is 29.1 Å². The van der Waals surface area contributed by atoms with Crippen LogP contribution in [0.2, 0.25) is 5.02 Å². The van der Waals surface area contributed by atoms with E-state index in [-0.39, 0.29) is 40.2 Å². The van der Waals surface area contributed by atoms with Crippen molar-refractivity contribution < 1.29 is 28.0 Å². The third-order valence-corrected chi connectivity index (χ3v) is 13.6. The second-order valence-corrected chi connectivity index (χ2v) is 17.2. The summed E-state index contributed by atoms with van der Waals surface area (Å²) in [6, 6.07) is 11.5. The van der Waals surface area contributed by atoms with Crippen LogP contribution >= 0.6 is 11.6 Å². The van der Waals surface area contributed by atoms with Gasteiger partial charge in [0.15, 0.2) is 0 Å². The van der Waals surface area contributed by atoms with Crippen molar-refractivity contribution in [3.05, 3.63) is 82.0 Å². The lowest BCUT2D eigenvalue weighted by molar-refractivity contribution is 0.0131. The van der Waals surface area contributed by atoms with Gasteiger partial charge in [-0.2, -0.15) is 0 Å². The number of aryl methyl sites for hydroxylation is 2. The van der Waals surface area contributed by atoms with Crippen molar-refractivity contribution >= 4 is 39.0 Å². The standard InChI is InChI=1S/C39H48ClN5O6S/c1-5-25-8-6-10-34(49-3)30-14-11-28(30)20-45-23-39(17-7-9-26-18-29(40)13-15-32(26)39)24-51-35-16-12-27(19-33(35)45)36(46)42-52(48,22-25)43-37(47)31-21-44(2)41-38(31)50-4/h6,10,12-13,15-16,18-19,21,25,28,30,34H,5,7-9,11,14,17,20,22-24H2,1-4H3,(H,42,43,46,47,48)/b10-6+/t25-,28-,30+,34-,39-,52-/m0/s1. The molecule has 278 valence electrons. The fourth-order valence-corrected chi connectivity index (χ4v) is 10.7. The third-order valence-electron chi connectivity index (χ3n) is 11.5. The number of halogens is 1. The van der Waals surface area contributed by atoms with E-state index in [1.54, 1.807) is 20.2 Å². The van der Waals surface area contributed by atoms with E-state index in [0.717, 1.165) is 49.4 Å². The molecule has 3 aromatic rings. The topological polar surface area (TPSA) is 124 Å². The van der Waals surface area contributed by atoms with Gasteiger partial charge in [-0.25, -0.2) is 4.21 Å². The number of allylic oxidation sites excluding steroid dienone is 1. The number of aromatic nitrogens is 2. The molecule has 0 saturated heterocycles. The maximum atomic E-state index is 14.7. The average molecular weight is 750 g/mol. The number of fused-ring (bicyclic) bond motifs is 4. The highest BCUT2D eigenvalue weighted by molar-refractivity contribution is 7.92. The molecular formula is C39H48ClN5O6S. The number of methoxy groups -OCH3 is 2. The normalized spacial score (nSPS) is 29.4. The highest BCUT2D eigenvalue weighted by Gasteiger charge is 2.44. The van der Waals surface area contributed by atoms with Gasteiger partial charge in [-0.1, -0.05) is 43.2 Å². The Balaban J connectivity index is 1.31. The molecule has 4 aliphatic rings. The Morgan fingerprint density at radius 3 is 2.79 bits per heavy atom. The van der Waals surface area contributed by atoms with Crippen LogP contribution in [0.15, 0.2) is 59.1 Å². The van der Waals surface area contributed by atoms with Crippen LogP contribution in [0.3, 0.4) is 0 Å². The fraction of sp³-hybridized carbons (Fsp3) is 0.513. The average Bonchev–Trinajstić information content (AvgIpc) is 3.43. The first-order valence-electron chi connectivity index (χ1n) is 18.2. The van der Waals surface area contributed by atoms with E-state index in [0.29, 0.717) is 43.6 Å². The zero-order chi connectivity index (χ0) is 36.6. The van der Waals surface area contributed by atoms with Gasteiger partial charge in [0, 0.05) is 49.4 Å². The van der Waals surface area contributed by atoms with Crippen LogP contribution in [0, 0.1) is 17.8 Å². The van der Waals surface area contributed by atoms with Crippen LogP contribution in [-0.2, 0) is 33.5 Å². The van der Waals surface area contributed by atoms with Gasteiger partial charge in [0.25, 0.3) is 11.8 Å². The molecule has 0 unspecified atom stereocenters. The summed E-state index contributed by atoms with van der Waals surface area (Å²) >= 11 is 6.46. The van der Waals surface area contributed by atoms with E-state index in [2.05, 4.69) is 43.4 Å². The lowest BCUT2D eigenvalue weighted by Gasteiger charge is -2.46. The van der Waals surface area contributed by atoms with Gasteiger partial charge < -0.3 is 19.1 Å². The SMILES string of the molecule is CC[C@H]1C/C=C/[C@H](OC)[C@@H]2CC[C@H]2CN2C[C@@]3(CCCc4cc(Cl)ccc43)COc3ccc(cc32)C(=O)N=[S@](=O)(NC(=O)c2cn(C)nc2OC)C1. The Hall–Kier alpha value is -3.87. The second-order valence-electron chi connectivity index (χ2n) is 14.8. The number of carbonyl (C=O) groups is 2. The predicted octanol–water partition coefficient (Wildman–Crippen LogP) is 6.54. The summed E-state index contributed by atoms with van der Waals surface area (Å²) < 4.78 is 41.1. The minimum atomic E-state index is -3.61. The predicted molar refractivity (Wildman–Crippen MR) is 202 cm³/mol. The van der Waals surface area contributed by atoms with Crippen molar-refractivity contribution in [3.63, 3.8) is 0 Å². The van der Waals surface area contributed by atoms with E-state index in [1.807, 2.05) is 25.1 Å². The van der Waals surface area contributed by atoms with Crippen molar-refractivity contribution in [3.8, 4) is 11.6 Å². The van der Waals surface area contributed by atoms with E-state index >= 15 is 0 Å². The number of benzene rings is 2. The number of nitrogens with one attached hydrogen (secondary N) is 1. The van der Waals surface area contributed by atoms with Gasteiger partial charge in [-0.15, -0.1) is 9.46 Å². The quantitative estimate of drug-likeness (QED) is 0.292. The van der Waals surface area contributed by atoms with E-state index in [4.69, 9.17) is 25.8 Å². The summed E-state index contributed by atoms with van der Waals surface area (Å²) in [4.78, 5) is 30.1. The second kappa shape index (κ2) is 14.9. The zero-order valence-corrected chi connectivity index (χ0v) is 31.9. The van der Waals surface area contributed by atoms with Crippen LogP contribution in [0.4, 0.5) is 5.69 Å². The maximum absolute atomic E-state index is 14.7. The Labute approximate surface area is 311 Å². The Bertz CT molecular complexity index is 2010. The zero-order valence-electron chi connectivity index (χ0n) is 30.3. The highest BCUT2D eigenvalue weighted by Crippen LogP contribution is 2.47.